The lowest BCUT2D eigenvalue weighted by Crippen LogP contribution is -2.28. The van der Waals surface area contributed by atoms with E-state index < -0.39 is 10.1 Å². The Hall–Kier alpha value is -2.43. The van der Waals surface area contributed by atoms with Gasteiger partial charge in [0.2, 0.25) is 0 Å². The zero-order chi connectivity index (χ0) is 18.9. The van der Waals surface area contributed by atoms with E-state index in [-0.39, 0.29) is 16.9 Å². The molecule has 0 aromatic heterocycles. The van der Waals surface area contributed by atoms with Crippen LogP contribution >= 0.6 is 0 Å². The summed E-state index contributed by atoms with van der Waals surface area (Å²) in [7, 11) is -3.78. The van der Waals surface area contributed by atoms with E-state index in [9.17, 15) is 8.42 Å². The average Bonchev–Trinajstić information content (AvgIpc) is 2.68. The van der Waals surface area contributed by atoms with Crippen molar-refractivity contribution < 1.29 is 12.6 Å². The Morgan fingerprint density at radius 1 is 0.852 bits per heavy atom. The molecule has 1 aliphatic rings. The van der Waals surface area contributed by atoms with E-state index in [1.54, 1.807) is 24.3 Å². The summed E-state index contributed by atoms with van der Waals surface area (Å²) in [6, 6.07) is 25.3. The van der Waals surface area contributed by atoms with Gasteiger partial charge in [0.15, 0.2) is 0 Å². The van der Waals surface area contributed by atoms with Gasteiger partial charge in [-0.25, -0.2) is 0 Å². The molecule has 0 radical (unpaired) electrons. The smallest absolute Gasteiger partial charge is 0.263 e. The highest BCUT2D eigenvalue weighted by molar-refractivity contribution is 7.86. The largest absolute Gasteiger partial charge is 0.297 e. The Kier molecular flexibility index (Phi) is 4.85. The van der Waals surface area contributed by atoms with Crippen molar-refractivity contribution in [3.05, 3.63) is 101 Å². The lowest BCUT2D eigenvalue weighted by molar-refractivity contribution is 0.185. The summed E-state index contributed by atoms with van der Waals surface area (Å²) < 4.78 is 31.2. The summed E-state index contributed by atoms with van der Waals surface area (Å²) in [5, 5.41) is 0. The van der Waals surface area contributed by atoms with Gasteiger partial charge in [-0.2, -0.15) is 8.42 Å². The first-order valence-corrected chi connectivity index (χ1v) is 10.6. The molecule has 2 atom stereocenters. The van der Waals surface area contributed by atoms with Gasteiger partial charge in [0.25, 0.3) is 10.1 Å². The quantitative estimate of drug-likeness (QED) is 0.610. The monoisotopic (exact) mass is 378 g/mol. The standard InChI is InChI=1S/C23H22O3S/c1-17-11-13-21(14-12-17)27(24,25)26-20-15-19-9-5-6-10-22(19)23(16-20)18-7-3-2-4-8-18/h2-14,20,23H,15-16H2,1H3/t20-,23+/m0/s1. The summed E-state index contributed by atoms with van der Waals surface area (Å²) in [4.78, 5) is 0.211. The lowest BCUT2D eigenvalue weighted by Gasteiger charge is -2.31. The maximum atomic E-state index is 12.7. The first-order chi connectivity index (χ1) is 13.0. The molecule has 3 nitrogen and oxygen atoms in total. The molecule has 0 bridgehead atoms. The minimum atomic E-state index is -3.78. The Labute approximate surface area is 160 Å². The molecule has 27 heavy (non-hydrogen) atoms. The maximum absolute atomic E-state index is 12.7. The van der Waals surface area contributed by atoms with Crippen LogP contribution in [-0.4, -0.2) is 14.5 Å². The van der Waals surface area contributed by atoms with Crippen LogP contribution in [0.5, 0.6) is 0 Å². The summed E-state index contributed by atoms with van der Waals surface area (Å²) in [5.41, 5.74) is 4.62. The predicted octanol–water partition coefficient (Wildman–Crippen LogP) is 4.85. The van der Waals surface area contributed by atoms with Crippen molar-refractivity contribution in [3.8, 4) is 0 Å². The van der Waals surface area contributed by atoms with Gasteiger partial charge in [-0.3, -0.25) is 4.18 Å². The molecule has 0 unspecified atom stereocenters. The molecule has 1 aliphatic carbocycles. The van der Waals surface area contributed by atoms with Crippen LogP contribution in [-0.2, 0) is 20.7 Å². The molecule has 3 aromatic rings. The topological polar surface area (TPSA) is 43.4 Å². The van der Waals surface area contributed by atoms with Crippen molar-refractivity contribution in [1.82, 2.24) is 0 Å². The first kappa shape index (κ1) is 18.0. The van der Waals surface area contributed by atoms with E-state index in [4.69, 9.17) is 4.18 Å². The van der Waals surface area contributed by atoms with Crippen LogP contribution in [0.2, 0.25) is 0 Å². The van der Waals surface area contributed by atoms with E-state index in [0.29, 0.717) is 12.8 Å². The van der Waals surface area contributed by atoms with Crippen LogP contribution in [0.1, 0.15) is 34.6 Å². The van der Waals surface area contributed by atoms with Crippen LogP contribution in [0.15, 0.2) is 83.8 Å². The normalized spacial score (nSPS) is 19.4. The Bertz CT molecular complexity index is 1020. The second-order valence-corrected chi connectivity index (χ2v) is 8.66. The van der Waals surface area contributed by atoms with Crippen LogP contribution in [0.4, 0.5) is 0 Å². The molecular weight excluding hydrogens is 356 g/mol. The molecule has 0 heterocycles. The SMILES string of the molecule is Cc1ccc(S(=O)(=O)O[C@H]2Cc3ccccc3[C@@H](c3ccccc3)C2)cc1. The molecule has 0 aliphatic heterocycles. The second-order valence-electron chi connectivity index (χ2n) is 7.09. The van der Waals surface area contributed by atoms with E-state index in [1.165, 1.54) is 11.1 Å². The third kappa shape index (κ3) is 3.82. The number of hydrogen-bond acceptors (Lipinski definition) is 3. The minimum Gasteiger partial charge on any atom is -0.263 e. The fourth-order valence-corrected chi connectivity index (χ4v) is 4.88. The van der Waals surface area contributed by atoms with Gasteiger partial charge >= 0.3 is 0 Å². The highest BCUT2D eigenvalue weighted by atomic mass is 32.2. The van der Waals surface area contributed by atoms with Crippen molar-refractivity contribution in [2.24, 2.45) is 0 Å². The van der Waals surface area contributed by atoms with Gasteiger partial charge in [0.1, 0.15) is 0 Å². The van der Waals surface area contributed by atoms with Crippen molar-refractivity contribution >= 4 is 10.1 Å². The fraction of sp³-hybridized carbons (Fsp3) is 0.217. The Balaban J connectivity index is 1.64. The summed E-state index contributed by atoms with van der Waals surface area (Å²) in [6.07, 6.45) is 0.868. The van der Waals surface area contributed by atoms with Gasteiger partial charge in [0.05, 0.1) is 11.0 Å². The predicted molar refractivity (Wildman–Crippen MR) is 106 cm³/mol. The zero-order valence-corrected chi connectivity index (χ0v) is 16.0. The minimum absolute atomic E-state index is 0.134. The number of fused-ring (bicyclic) bond motifs is 1. The van der Waals surface area contributed by atoms with Crippen molar-refractivity contribution in [2.45, 2.75) is 36.7 Å². The molecule has 0 spiro atoms. The molecule has 4 rings (SSSR count). The van der Waals surface area contributed by atoms with Crippen molar-refractivity contribution in [3.63, 3.8) is 0 Å². The summed E-state index contributed by atoms with van der Waals surface area (Å²) in [6.45, 7) is 1.93. The molecule has 4 heteroatoms. The van der Waals surface area contributed by atoms with Gasteiger partial charge in [-0.15, -0.1) is 0 Å². The van der Waals surface area contributed by atoms with Gasteiger partial charge < -0.3 is 0 Å². The molecule has 0 saturated heterocycles. The number of rotatable bonds is 4. The van der Waals surface area contributed by atoms with Crippen LogP contribution in [0.3, 0.4) is 0 Å². The van der Waals surface area contributed by atoms with Crippen molar-refractivity contribution in [1.29, 1.82) is 0 Å². The van der Waals surface area contributed by atoms with E-state index in [0.717, 1.165) is 11.1 Å². The third-order valence-corrected chi connectivity index (χ3v) is 6.53. The molecule has 138 valence electrons. The fourth-order valence-electron chi connectivity index (χ4n) is 3.79. The zero-order valence-electron chi connectivity index (χ0n) is 15.2. The molecule has 0 amide bonds. The molecule has 3 aromatic carbocycles. The van der Waals surface area contributed by atoms with Crippen molar-refractivity contribution in [2.75, 3.05) is 0 Å². The molecule has 0 saturated carbocycles. The van der Waals surface area contributed by atoms with Crippen LogP contribution in [0.25, 0.3) is 0 Å². The summed E-state index contributed by atoms with van der Waals surface area (Å²) >= 11 is 0. The van der Waals surface area contributed by atoms with E-state index in [1.807, 2.05) is 37.3 Å². The molecule has 0 fully saturated rings. The number of benzene rings is 3. The van der Waals surface area contributed by atoms with Gasteiger partial charge in [0, 0.05) is 12.3 Å². The number of aryl methyl sites for hydroxylation is 1. The lowest BCUT2D eigenvalue weighted by atomic mass is 9.78. The number of hydrogen-bond donors (Lipinski definition) is 0. The second kappa shape index (κ2) is 7.29. The van der Waals surface area contributed by atoms with E-state index in [2.05, 4.69) is 24.3 Å². The third-order valence-electron chi connectivity index (χ3n) is 5.15. The molecule has 0 N–H and O–H groups in total. The van der Waals surface area contributed by atoms with Crippen LogP contribution < -0.4 is 0 Å². The van der Waals surface area contributed by atoms with E-state index >= 15 is 0 Å². The van der Waals surface area contributed by atoms with Gasteiger partial charge in [-0.05, 0) is 42.2 Å². The highest BCUT2D eigenvalue weighted by Gasteiger charge is 2.31. The van der Waals surface area contributed by atoms with Crippen LogP contribution in [0, 0.1) is 6.92 Å². The summed E-state index contributed by atoms with van der Waals surface area (Å²) in [5.74, 6) is 0.134. The molecular formula is C23H22O3S. The highest BCUT2D eigenvalue weighted by Crippen LogP contribution is 2.38. The first-order valence-electron chi connectivity index (χ1n) is 9.15. The Morgan fingerprint density at radius 3 is 2.26 bits per heavy atom. The Morgan fingerprint density at radius 2 is 1.52 bits per heavy atom. The maximum Gasteiger partial charge on any atom is 0.297 e. The average molecular weight is 378 g/mol. The van der Waals surface area contributed by atoms with Gasteiger partial charge in [-0.1, -0.05) is 72.3 Å².